The lowest BCUT2D eigenvalue weighted by Crippen LogP contribution is -2.58. The van der Waals surface area contributed by atoms with Crippen molar-refractivity contribution in [1.82, 2.24) is 15.3 Å². The smallest absolute Gasteiger partial charge is 0.134 e. The predicted molar refractivity (Wildman–Crippen MR) is 75.4 cm³/mol. The van der Waals surface area contributed by atoms with E-state index in [1.807, 2.05) is 25.9 Å². The number of anilines is 2. The highest BCUT2D eigenvalue weighted by molar-refractivity contribution is 5.52. The third-order valence-corrected chi connectivity index (χ3v) is 3.35. The van der Waals surface area contributed by atoms with Gasteiger partial charge in [0.25, 0.3) is 0 Å². The van der Waals surface area contributed by atoms with Gasteiger partial charge in [0.2, 0.25) is 0 Å². The van der Waals surface area contributed by atoms with Crippen molar-refractivity contribution >= 4 is 11.6 Å². The summed E-state index contributed by atoms with van der Waals surface area (Å²) >= 11 is 0. The molecule has 100 valence electrons. The molecule has 0 unspecified atom stereocenters. The molecule has 1 fully saturated rings. The van der Waals surface area contributed by atoms with Gasteiger partial charge in [-0.3, -0.25) is 0 Å². The van der Waals surface area contributed by atoms with Gasteiger partial charge in [0, 0.05) is 45.3 Å². The Bertz CT molecular complexity index is 427. The zero-order valence-electron chi connectivity index (χ0n) is 12.0. The van der Waals surface area contributed by atoms with Crippen molar-refractivity contribution in [2.45, 2.75) is 26.3 Å². The Balaban J connectivity index is 2.37. The van der Waals surface area contributed by atoms with Crippen LogP contribution in [0.3, 0.4) is 0 Å². The van der Waals surface area contributed by atoms with Crippen LogP contribution in [-0.4, -0.2) is 49.2 Å². The van der Waals surface area contributed by atoms with Gasteiger partial charge >= 0.3 is 0 Å². The molecular weight excluding hydrogens is 226 g/mol. The fourth-order valence-corrected chi connectivity index (χ4v) is 2.31. The van der Waals surface area contributed by atoms with Gasteiger partial charge in [0.05, 0.1) is 0 Å². The second kappa shape index (κ2) is 4.72. The maximum absolute atomic E-state index is 4.60. The summed E-state index contributed by atoms with van der Waals surface area (Å²) in [6.45, 7) is 9.40. The zero-order chi connectivity index (χ0) is 13.3. The van der Waals surface area contributed by atoms with E-state index >= 15 is 0 Å². The van der Waals surface area contributed by atoms with Crippen molar-refractivity contribution in [2.24, 2.45) is 0 Å². The first kappa shape index (κ1) is 13.1. The third kappa shape index (κ3) is 2.56. The van der Waals surface area contributed by atoms with Crippen LogP contribution in [0, 0.1) is 6.92 Å². The quantitative estimate of drug-likeness (QED) is 0.848. The number of hydrogen-bond acceptors (Lipinski definition) is 5. The van der Waals surface area contributed by atoms with Crippen LogP contribution in [0.5, 0.6) is 0 Å². The fourth-order valence-electron chi connectivity index (χ4n) is 2.31. The van der Waals surface area contributed by atoms with Crippen LogP contribution in [0.1, 0.15) is 19.7 Å². The molecule has 1 saturated heterocycles. The molecule has 1 N–H and O–H groups in total. The molecule has 0 spiro atoms. The van der Waals surface area contributed by atoms with Crippen LogP contribution < -0.4 is 15.1 Å². The molecule has 0 radical (unpaired) electrons. The summed E-state index contributed by atoms with van der Waals surface area (Å²) in [5.74, 6) is 2.81. The van der Waals surface area contributed by atoms with Crippen molar-refractivity contribution in [3.05, 3.63) is 11.9 Å². The molecule has 0 atom stereocenters. The van der Waals surface area contributed by atoms with Gasteiger partial charge in [-0.25, -0.2) is 9.97 Å². The molecule has 18 heavy (non-hydrogen) atoms. The third-order valence-electron chi connectivity index (χ3n) is 3.35. The number of aryl methyl sites for hydroxylation is 1. The Morgan fingerprint density at radius 1 is 1.33 bits per heavy atom. The molecule has 0 amide bonds. The van der Waals surface area contributed by atoms with Gasteiger partial charge in [0.15, 0.2) is 0 Å². The SMILES string of the molecule is Cc1nc(N(C)C)cc(N2CCNCC2(C)C)n1. The summed E-state index contributed by atoms with van der Waals surface area (Å²) in [4.78, 5) is 13.4. The summed E-state index contributed by atoms with van der Waals surface area (Å²) in [7, 11) is 4.02. The average molecular weight is 249 g/mol. The minimum atomic E-state index is 0.0859. The van der Waals surface area contributed by atoms with E-state index in [2.05, 4.69) is 40.1 Å². The fraction of sp³-hybridized carbons (Fsp3) is 0.692. The van der Waals surface area contributed by atoms with Crippen LogP contribution in [0.15, 0.2) is 6.07 Å². The number of nitrogens with zero attached hydrogens (tertiary/aromatic N) is 4. The molecule has 0 bridgehead atoms. The second-order valence-corrected chi connectivity index (χ2v) is 5.67. The van der Waals surface area contributed by atoms with E-state index in [0.29, 0.717) is 0 Å². The summed E-state index contributed by atoms with van der Waals surface area (Å²) in [6.07, 6.45) is 0. The van der Waals surface area contributed by atoms with E-state index in [0.717, 1.165) is 37.1 Å². The highest BCUT2D eigenvalue weighted by Crippen LogP contribution is 2.25. The Kier molecular flexibility index (Phi) is 3.43. The van der Waals surface area contributed by atoms with Gasteiger partial charge in [-0.2, -0.15) is 0 Å². The monoisotopic (exact) mass is 249 g/mol. The number of rotatable bonds is 2. The summed E-state index contributed by atoms with van der Waals surface area (Å²) < 4.78 is 0. The molecular formula is C13H23N5. The summed E-state index contributed by atoms with van der Waals surface area (Å²) in [5.41, 5.74) is 0.0859. The number of nitrogens with one attached hydrogen (secondary N) is 1. The lowest BCUT2D eigenvalue weighted by molar-refractivity contribution is 0.377. The Hall–Kier alpha value is -1.36. The minimum absolute atomic E-state index is 0.0859. The zero-order valence-corrected chi connectivity index (χ0v) is 12.0. The van der Waals surface area contributed by atoms with Crippen molar-refractivity contribution < 1.29 is 0 Å². The molecule has 5 heteroatoms. The molecule has 1 aliphatic rings. The maximum Gasteiger partial charge on any atom is 0.134 e. The normalized spacial score (nSPS) is 18.8. The van der Waals surface area contributed by atoms with E-state index in [4.69, 9.17) is 0 Å². The molecule has 1 aromatic heterocycles. The first-order valence-electron chi connectivity index (χ1n) is 6.41. The summed E-state index contributed by atoms with van der Waals surface area (Å²) in [6, 6.07) is 2.07. The van der Waals surface area contributed by atoms with Gasteiger partial charge in [-0.1, -0.05) is 0 Å². The number of piperazine rings is 1. The lowest BCUT2D eigenvalue weighted by Gasteiger charge is -2.43. The lowest BCUT2D eigenvalue weighted by atomic mass is 10.0. The van der Waals surface area contributed by atoms with Crippen LogP contribution >= 0.6 is 0 Å². The van der Waals surface area contributed by atoms with Gasteiger partial charge in [-0.15, -0.1) is 0 Å². The van der Waals surface area contributed by atoms with Gasteiger partial charge in [0.1, 0.15) is 17.5 Å². The molecule has 1 aliphatic heterocycles. The first-order valence-corrected chi connectivity index (χ1v) is 6.41. The van der Waals surface area contributed by atoms with E-state index in [9.17, 15) is 0 Å². The van der Waals surface area contributed by atoms with Crippen LogP contribution in [-0.2, 0) is 0 Å². The van der Waals surface area contributed by atoms with E-state index in [1.165, 1.54) is 0 Å². The van der Waals surface area contributed by atoms with Gasteiger partial charge in [-0.05, 0) is 20.8 Å². The Morgan fingerprint density at radius 2 is 2.06 bits per heavy atom. The molecule has 0 aliphatic carbocycles. The topological polar surface area (TPSA) is 44.3 Å². The van der Waals surface area contributed by atoms with Crippen molar-refractivity contribution in [2.75, 3.05) is 43.5 Å². The number of hydrogen-bond donors (Lipinski definition) is 1. The second-order valence-electron chi connectivity index (χ2n) is 5.67. The molecule has 2 rings (SSSR count). The first-order chi connectivity index (χ1) is 8.40. The standard InChI is InChI=1S/C13H23N5/c1-10-15-11(17(4)5)8-12(16-10)18-7-6-14-9-13(18,2)3/h8,14H,6-7,9H2,1-5H3. The van der Waals surface area contributed by atoms with Crippen molar-refractivity contribution in [1.29, 1.82) is 0 Å². The van der Waals surface area contributed by atoms with Gasteiger partial charge < -0.3 is 15.1 Å². The minimum Gasteiger partial charge on any atom is -0.363 e. The molecule has 1 aromatic rings. The van der Waals surface area contributed by atoms with Crippen LogP contribution in [0.4, 0.5) is 11.6 Å². The van der Waals surface area contributed by atoms with E-state index in [-0.39, 0.29) is 5.54 Å². The van der Waals surface area contributed by atoms with E-state index in [1.54, 1.807) is 0 Å². The Morgan fingerprint density at radius 3 is 2.67 bits per heavy atom. The highest BCUT2D eigenvalue weighted by atomic mass is 15.3. The van der Waals surface area contributed by atoms with Crippen molar-refractivity contribution in [3.63, 3.8) is 0 Å². The molecule has 2 heterocycles. The highest BCUT2D eigenvalue weighted by Gasteiger charge is 2.30. The molecule has 0 aromatic carbocycles. The van der Waals surface area contributed by atoms with E-state index < -0.39 is 0 Å². The van der Waals surface area contributed by atoms with Crippen LogP contribution in [0.2, 0.25) is 0 Å². The summed E-state index contributed by atoms with van der Waals surface area (Å²) in [5, 5.41) is 3.43. The largest absolute Gasteiger partial charge is 0.363 e. The van der Waals surface area contributed by atoms with Crippen molar-refractivity contribution in [3.8, 4) is 0 Å². The molecule has 0 saturated carbocycles. The van der Waals surface area contributed by atoms with Crippen LogP contribution in [0.25, 0.3) is 0 Å². The Labute approximate surface area is 109 Å². The average Bonchev–Trinajstić information content (AvgIpc) is 2.27. The predicted octanol–water partition coefficient (Wildman–Crippen LogP) is 1.04. The number of aromatic nitrogens is 2. The molecule has 5 nitrogen and oxygen atoms in total. The maximum atomic E-state index is 4.60.